The molecule has 1 amide bonds. The number of nitrogens with two attached hydrogens (primary N) is 1. The lowest BCUT2D eigenvalue weighted by Crippen LogP contribution is -2.44. The van der Waals surface area contributed by atoms with Crippen molar-refractivity contribution in [2.24, 2.45) is 10.9 Å². The highest BCUT2D eigenvalue weighted by atomic mass is 32.2. The highest BCUT2D eigenvalue weighted by Crippen LogP contribution is 2.14. The van der Waals surface area contributed by atoms with Crippen molar-refractivity contribution in [1.29, 1.82) is 0 Å². The van der Waals surface area contributed by atoms with E-state index in [9.17, 15) is 4.79 Å². The highest BCUT2D eigenvalue weighted by molar-refractivity contribution is 7.98. The number of amidine groups is 1. The molecule has 0 aliphatic heterocycles. The molecule has 1 aromatic carbocycles. The van der Waals surface area contributed by atoms with E-state index < -0.39 is 6.04 Å². The third kappa shape index (κ3) is 3.66. The second-order valence-corrected chi connectivity index (χ2v) is 4.57. The van der Waals surface area contributed by atoms with E-state index in [0.717, 1.165) is 4.90 Å². The van der Waals surface area contributed by atoms with Gasteiger partial charge in [-0.25, -0.2) is 0 Å². The molecule has 0 heterocycles. The number of amides is 1. The van der Waals surface area contributed by atoms with Crippen LogP contribution in [-0.2, 0) is 0 Å². The van der Waals surface area contributed by atoms with Crippen molar-refractivity contribution in [3.8, 4) is 0 Å². The van der Waals surface area contributed by atoms with Crippen LogP contribution in [-0.4, -0.2) is 29.2 Å². The Balaban J connectivity index is 2.74. The molecule has 1 aromatic rings. The zero-order valence-electron chi connectivity index (χ0n) is 10.4. The molecular formula is C12H17N3O2S. The molecule has 0 aliphatic carbocycles. The minimum absolute atomic E-state index is 0.00610. The molecule has 5 nitrogen and oxygen atoms in total. The first-order chi connectivity index (χ1) is 8.62. The Morgan fingerprint density at radius 2 is 2.11 bits per heavy atom. The summed E-state index contributed by atoms with van der Waals surface area (Å²) in [6, 6.07) is 6.80. The number of benzene rings is 1. The van der Waals surface area contributed by atoms with Crippen molar-refractivity contribution in [1.82, 2.24) is 5.32 Å². The van der Waals surface area contributed by atoms with E-state index in [2.05, 4.69) is 10.5 Å². The number of carbonyl (C=O) groups excluding carboxylic acids is 1. The maximum atomic E-state index is 11.9. The largest absolute Gasteiger partial charge is 0.409 e. The maximum Gasteiger partial charge on any atom is 0.251 e. The van der Waals surface area contributed by atoms with Gasteiger partial charge in [0, 0.05) is 10.5 Å². The molecule has 0 saturated heterocycles. The van der Waals surface area contributed by atoms with Gasteiger partial charge in [0.05, 0.1) is 6.04 Å². The average Bonchev–Trinajstić information content (AvgIpc) is 2.43. The van der Waals surface area contributed by atoms with Gasteiger partial charge in [-0.2, -0.15) is 0 Å². The summed E-state index contributed by atoms with van der Waals surface area (Å²) in [6.45, 7) is 1.85. The summed E-state index contributed by atoms with van der Waals surface area (Å²) >= 11 is 1.61. The average molecular weight is 267 g/mol. The first-order valence-corrected chi connectivity index (χ1v) is 6.77. The van der Waals surface area contributed by atoms with Gasteiger partial charge in [0.15, 0.2) is 5.84 Å². The Labute approximate surface area is 110 Å². The fourth-order valence-corrected chi connectivity index (χ4v) is 1.85. The zero-order valence-corrected chi connectivity index (χ0v) is 11.2. The normalized spacial score (nSPS) is 13.1. The smallest absolute Gasteiger partial charge is 0.251 e. The van der Waals surface area contributed by atoms with Crippen molar-refractivity contribution in [3.05, 3.63) is 29.8 Å². The van der Waals surface area contributed by atoms with Crippen LogP contribution < -0.4 is 11.1 Å². The van der Waals surface area contributed by atoms with Crippen LogP contribution in [0.3, 0.4) is 0 Å². The Morgan fingerprint density at radius 3 is 2.56 bits per heavy atom. The van der Waals surface area contributed by atoms with Gasteiger partial charge in [-0.05, 0) is 36.9 Å². The van der Waals surface area contributed by atoms with E-state index in [4.69, 9.17) is 10.9 Å². The zero-order chi connectivity index (χ0) is 13.5. The number of carbonyl (C=O) groups is 1. The number of hydrogen-bond donors (Lipinski definition) is 3. The SMILES string of the molecule is CCC(NC(=O)c1ccc(SC)cc1)C(N)=NO. The molecule has 6 heteroatoms. The molecule has 0 aromatic heterocycles. The van der Waals surface area contributed by atoms with Crippen LogP contribution >= 0.6 is 11.8 Å². The molecule has 4 N–H and O–H groups in total. The second kappa shape index (κ2) is 6.90. The van der Waals surface area contributed by atoms with Crippen molar-refractivity contribution in [2.75, 3.05) is 6.26 Å². The third-order valence-electron chi connectivity index (χ3n) is 2.54. The molecule has 18 heavy (non-hydrogen) atoms. The first-order valence-electron chi connectivity index (χ1n) is 5.54. The molecule has 1 unspecified atom stereocenters. The standard InChI is InChI=1S/C12H17N3O2S/c1-3-10(11(13)15-17)14-12(16)8-4-6-9(18-2)7-5-8/h4-7,10,17H,3H2,1-2H3,(H2,13,15)(H,14,16). The summed E-state index contributed by atoms with van der Waals surface area (Å²) in [4.78, 5) is 13.0. The van der Waals surface area contributed by atoms with Crippen LogP contribution in [0, 0.1) is 0 Å². The third-order valence-corrected chi connectivity index (χ3v) is 3.28. The maximum absolute atomic E-state index is 11.9. The minimum Gasteiger partial charge on any atom is -0.409 e. The molecule has 0 aliphatic rings. The Hall–Kier alpha value is -1.69. The summed E-state index contributed by atoms with van der Waals surface area (Å²) in [5.74, 6) is -0.229. The fraction of sp³-hybridized carbons (Fsp3) is 0.333. The Bertz CT molecular complexity index is 431. The lowest BCUT2D eigenvalue weighted by Gasteiger charge is -2.15. The molecule has 98 valence electrons. The highest BCUT2D eigenvalue weighted by Gasteiger charge is 2.15. The van der Waals surface area contributed by atoms with Crippen LogP contribution in [0.4, 0.5) is 0 Å². The van der Waals surface area contributed by atoms with Gasteiger partial charge in [-0.3, -0.25) is 4.79 Å². The molecular weight excluding hydrogens is 250 g/mol. The molecule has 1 atom stereocenters. The van der Waals surface area contributed by atoms with E-state index in [0.29, 0.717) is 12.0 Å². The van der Waals surface area contributed by atoms with Crippen LogP contribution in [0.5, 0.6) is 0 Å². The van der Waals surface area contributed by atoms with E-state index >= 15 is 0 Å². The minimum atomic E-state index is -0.456. The van der Waals surface area contributed by atoms with Crippen LogP contribution in [0.2, 0.25) is 0 Å². The second-order valence-electron chi connectivity index (χ2n) is 3.69. The molecule has 0 radical (unpaired) electrons. The van der Waals surface area contributed by atoms with Crippen molar-refractivity contribution >= 4 is 23.5 Å². The van der Waals surface area contributed by atoms with Gasteiger partial charge in [0.1, 0.15) is 0 Å². The lowest BCUT2D eigenvalue weighted by atomic mass is 10.1. The van der Waals surface area contributed by atoms with E-state index in [1.54, 1.807) is 23.9 Å². The van der Waals surface area contributed by atoms with Gasteiger partial charge in [0.25, 0.3) is 5.91 Å². The first kappa shape index (κ1) is 14.4. The van der Waals surface area contributed by atoms with Crippen molar-refractivity contribution < 1.29 is 10.0 Å². The van der Waals surface area contributed by atoms with Crippen molar-refractivity contribution in [2.45, 2.75) is 24.3 Å². The monoisotopic (exact) mass is 267 g/mol. The Kier molecular flexibility index (Phi) is 5.51. The number of nitrogens with zero attached hydrogens (tertiary/aromatic N) is 1. The molecule has 1 rings (SSSR count). The summed E-state index contributed by atoms with van der Waals surface area (Å²) in [5.41, 5.74) is 6.03. The van der Waals surface area contributed by atoms with Gasteiger partial charge < -0.3 is 16.3 Å². The molecule has 0 fully saturated rings. The number of rotatable bonds is 5. The van der Waals surface area contributed by atoms with E-state index in [1.807, 2.05) is 25.3 Å². The van der Waals surface area contributed by atoms with Crippen LogP contribution in [0.1, 0.15) is 23.7 Å². The number of oxime groups is 1. The summed E-state index contributed by atoms with van der Waals surface area (Å²) in [7, 11) is 0. The summed E-state index contributed by atoms with van der Waals surface area (Å²) in [5, 5.41) is 14.2. The van der Waals surface area contributed by atoms with Crippen LogP contribution in [0.25, 0.3) is 0 Å². The number of nitrogens with one attached hydrogen (secondary N) is 1. The lowest BCUT2D eigenvalue weighted by molar-refractivity contribution is 0.0945. The van der Waals surface area contributed by atoms with Crippen molar-refractivity contribution in [3.63, 3.8) is 0 Å². The van der Waals surface area contributed by atoms with Gasteiger partial charge in [-0.1, -0.05) is 12.1 Å². The number of thioether (sulfide) groups is 1. The predicted octanol–water partition coefficient (Wildman–Crippen LogP) is 1.66. The number of hydrogen-bond acceptors (Lipinski definition) is 4. The van der Waals surface area contributed by atoms with Gasteiger partial charge in [-0.15, -0.1) is 11.8 Å². The fourth-order valence-electron chi connectivity index (χ4n) is 1.44. The van der Waals surface area contributed by atoms with Gasteiger partial charge in [0.2, 0.25) is 0 Å². The molecule has 0 spiro atoms. The van der Waals surface area contributed by atoms with Gasteiger partial charge >= 0.3 is 0 Å². The Morgan fingerprint density at radius 1 is 1.50 bits per heavy atom. The molecule has 0 saturated carbocycles. The van der Waals surface area contributed by atoms with Crippen LogP contribution in [0.15, 0.2) is 34.3 Å². The predicted molar refractivity (Wildman–Crippen MR) is 73.2 cm³/mol. The summed E-state index contributed by atoms with van der Waals surface area (Å²) in [6.07, 6.45) is 2.53. The van der Waals surface area contributed by atoms with E-state index in [-0.39, 0.29) is 11.7 Å². The topological polar surface area (TPSA) is 87.7 Å². The van der Waals surface area contributed by atoms with E-state index in [1.165, 1.54) is 0 Å². The summed E-state index contributed by atoms with van der Waals surface area (Å²) < 4.78 is 0. The molecule has 0 bridgehead atoms. The quantitative estimate of drug-likeness (QED) is 0.249.